The summed E-state index contributed by atoms with van der Waals surface area (Å²) in [5.41, 5.74) is 1.92. The second-order valence-electron chi connectivity index (χ2n) is 3.03. The van der Waals surface area contributed by atoms with E-state index in [-0.39, 0.29) is 6.61 Å². The molecule has 0 fully saturated rings. The van der Waals surface area contributed by atoms with Gasteiger partial charge in [0.1, 0.15) is 0 Å². The van der Waals surface area contributed by atoms with E-state index in [9.17, 15) is 5.11 Å². The lowest BCUT2D eigenvalue weighted by Crippen LogP contribution is -2.02. The van der Waals surface area contributed by atoms with Gasteiger partial charge in [-0.25, -0.2) is 0 Å². The van der Waals surface area contributed by atoms with Crippen LogP contribution in [0.5, 0.6) is 0 Å². The van der Waals surface area contributed by atoms with Crippen molar-refractivity contribution in [3.63, 3.8) is 0 Å². The Morgan fingerprint density at radius 2 is 2.15 bits per heavy atom. The van der Waals surface area contributed by atoms with E-state index < -0.39 is 6.10 Å². The molecule has 0 aliphatic heterocycles. The molecule has 1 aromatic carbocycles. The highest BCUT2D eigenvalue weighted by Crippen LogP contribution is 2.23. The van der Waals surface area contributed by atoms with Gasteiger partial charge in [0, 0.05) is 17.5 Å². The summed E-state index contributed by atoms with van der Waals surface area (Å²) >= 11 is 3.35. The number of aliphatic hydroxyl groups is 2. The minimum absolute atomic E-state index is 0.0106. The number of halogens is 1. The molecular formula is C10H13BrO2. The van der Waals surface area contributed by atoms with Crippen molar-refractivity contribution in [2.45, 2.75) is 19.4 Å². The molecule has 2 N–H and O–H groups in total. The summed E-state index contributed by atoms with van der Waals surface area (Å²) in [5, 5.41) is 18.3. The second kappa shape index (κ2) is 4.74. The topological polar surface area (TPSA) is 40.5 Å². The van der Waals surface area contributed by atoms with Gasteiger partial charge in [0.25, 0.3) is 0 Å². The fraction of sp³-hybridized carbons (Fsp3) is 0.400. The molecule has 0 bridgehead atoms. The number of hydrogen-bond donors (Lipinski definition) is 2. The van der Waals surface area contributed by atoms with Gasteiger partial charge in [-0.15, -0.1) is 0 Å². The van der Waals surface area contributed by atoms with Gasteiger partial charge >= 0.3 is 0 Å². The molecule has 1 aromatic rings. The molecule has 72 valence electrons. The van der Waals surface area contributed by atoms with Crippen LogP contribution in [0.3, 0.4) is 0 Å². The van der Waals surface area contributed by atoms with Gasteiger partial charge in [-0.2, -0.15) is 0 Å². The first-order chi connectivity index (χ1) is 6.15. The Bertz CT molecular complexity index is 286. The molecule has 0 saturated carbocycles. The predicted octanol–water partition coefficient (Wildman–Crippen LogP) is 2.17. The molecule has 1 unspecified atom stereocenters. The van der Waals surface area contributed by atoms with E-state index in [2.05, 4.69) is 15.9 Å². The largest absolute Gasteiger partial charge is 0.396 e. The normalized spacial score (nSPS) is 12.9. The molecule has 0 heterocycles. The van der Waals surface area contributed by atoms with Crippen LogP contribution in [0, 0.1) is 6.92 Å². The SMILES string of the molecule is Cc1cc(Br)ccc1C(O)CCO. The summed E-state index contributed by atoms with van der Waals surface area (Å²) in [7, 11) is 0. The zero-order chi connectivity index (χ0) is 9.84. The number of hydrogen-bond acceptors (Lipinski definition) is 2. The smallest absolute Gasteiger partial charge is 0.0814 e. The Balaban J connectivity index is 2.88. The van der Waals surface area contributed by atoms with Gasteiger partial charge in [0.15, 0.2) is 0 Å². The van der Waals surface area contributed by atoms with Gasteiger partial charge in [-0.05, 0) is 30.2 Å². The third-order valence-electron chi connectivity index (χ3n) is 1.99. The van der Waals surface area contributed by atoms with Crippen molar-refractivity contribution in [1.29, 1.82) is 0 Å². The Hall–Kier alpha value is -0.380. The molecule has 3 heteroatoms. The van der Waals surface area contributed by atoms with Crippen LogP contribution in [0.1, 0.15) is 23.7 Å². The molecule has 2 nitrogen and oxygen atoms in total. The van der Waals surface area contributed by atoms with Crippen LogP contribution in [0.25, 0.3) is 0 Å². The molecular weight excluding hydrogens is 232 g/mol. The van der Waals surface area contributed by atoms with Crippen LogP contribution in [0.15, 0.2) is 22.7 Å². The Labute approximate surface area is 86.3 Å². The van der Waals surface area contributed by atoms with Gasteiger partial charge in [0.2, 0.25) is 0 Å². The van der Waals surface area contributed by atoms with Crippen LogP contribution < -0.4 is 0 Å². The van der Waals surface area contributed by atoms with Crippen LogP contribution in [-0.2, 0) is 0 Å². The lowest BCUT2D eigenvalue weighted by molar-refractivity contribution is 0.134. The van der Waals surface area contributed by atoms with Crippen molar-refractivity contribution < 1.29 is 10.2 Å². The molecule has 0 aromatic heterocycles. The standard InChI is InChI=1S/C10H13BrO2/c1-7-6-8(11)2-3-9(7)10(13)4-5-12/h2-3,6,10,12-13H,4-5H2,1H3. The molecule has 0 aliphatic carbocycles. The van der Waals surface area contributed by atoms with Crippen LogP contribution >= 0.6 is 15.9 Å². The molecule has 1 atom stereocenters. The lowest BCUT2D eigenvalue weighted by atomic mass is 10.0. The summed E-state index contributed by atoms with van der Waals surface area (Å²) in [6.45, 7) is 1.96. The highest BCUT2D eigenvalue weighted by molar-refractivity contribution is 9.10. The van der Waals surface area contributed by atoms with Gasteiger partial charge in [-0.3, -0.25) is 0 Å². The third kappa shape index (κ3) is 2.79. The van der Waals surface area contributed by atoms with Crippen molar-refractivity contribution in [2.24, 2.45) is 0 Å². The molecule has 0 saturated heterocycles. The first kappa shape index (κ1) is 10.7. The van der Waals surface area contributed by atoms with E-state index in [1.165, 1.54) is 0 Å². The van der Waals surface area contributed by atoms with Crippen molar-refractivity contribution in [2.75, 3.05) is 6.61 Å². The number of rotatable bonds is 3. The van der Waals surface area contributed by atoms with Crippen molar-refractivity contribution in [3.8, 4) is 0 Å². The van der Waals surface area contributed by atoms with E-state index in [0.29, 0.717) is 6.42 Å². The number of aryl methyl sites for hydroxylation is 1. The quantitative estimate of drug-likeness (QED) is 0.856. The van der Waals surface area contributed by atoms with E-state index >= 15 is 0 Å². The summed E-state index contributed by atoms with van der Waals surface area (Å²) in [5.74, 6) is 0. The van der Waals surface area contributed by atoms with E-state index in [4.69, 9.17) is 5.11 Å². The Morgan fingerprint density at radius 3 is 2.69 bits per heavy atom. The lowest BCUT2D eigenvalue weighted by Gasteiger charge is -2.12. The third-order valence-corrected chi connectivity index (χ3v) is 2.49. The monoisotopic (exact) mass is 244 g/mol. The first-order valence-electron chi connectivity index (χ1n) is 4.20. The summed E-state index contributed by atoms with van der Waals surface area (Å²) in [6, 6.07) is 5.72. The molecule has 0 amide bonds. The van der Waals surface area contributed by atoms with Gasteiger partial charge < -0.3 is 10.2 Å². The molecule has 1 rings (SSSR count). The Morgan fingerprint density at radius 1 is 1.46 bits per heavy atom. The number of aliphatic hydroxyl groups excluding tert-OH is 2. The summed E-state index contributed by atoms with van der Waals surface area (Å²) < 4.78 is 1.00. The molecule has 0 radical (unpaired) electrons. The van der Waals surface area contributed by atoms with Gasteiger partial charge in [-0.1, -0.05) is 22.0 Å². The zero-order valence-corrected chi connectivity index (χ0v) is 9.08. The number of benzene rings is 1. The fourth-order valence-corrected chi connectivity index (χ4v) is 1.77. The average Bonchev–Trinajstić information content (AvgIpc) is 2.04. The first-order valence-corrected chi connectivity index (χ1v) is 4.99. The minimum Gasteiger partial charge on any atom is -0.396 e. The molecule has 0 spiro atoms. The second-order valence-corrected chi connectivity index (χ2v) is 3.94. The molecule has 0 aliphatic rings. The van der Waals surface area contributed by atoms with Crippen molar-refractivity contribution in [1.82, 2.24) is 0 Å². The van der Waals surface area contributed by atoms with Gasteiger partial charge in [0.05, 0.1) is 6.10 Å². The fourth-order valence-electron chi connectivity index (χ4n) is 1.29. The van der Waals surface area contributed by atoms with Crippen LogP contribution in [0.2, 0.25) is 0 Å². The van der Waals surface area contributed by atoms with Crippen LogP contribution in [0.4, 0.5) is 0 Å². The van der Waals surface area contributed by atoms with E-state index in [1.807, 2.05) is 25.1 Å². The minimum atomic E-state index is -0.557. The van der Waals surface area contributed by atoms with Crippen molar-refractivity contribution in [3.05, 3.63) is 33.8 Å². The van der Waals surface area contributed by atoms with E-state index in [0.717, 1.165) is 15.6 Å². The summed E-state index contributed by atoms with van der Waals surface area (Å²) in [6.07, 6.45) is -0.166. The maximum atomic E-state index is 9.62. The maximum Gasteiger partial charge on any atom is 0.0814 e. The molecule has 13 heavy (non-hydrogen) atoms. The average molecular weight is 245 g/mol. The van der Waals surface area contributed by atoms with Crippen molar-refractivity contribution >= 4 is 15.9 Å². The highest BCUT2D eigenvalue weighted by atomic mass is 79.9. The summed E-state index contributed by atoms with van der Waals surface area (Å²) in [4.78, 5) is 0. The maximum absolute atomic E-state index is 9.62. The Kier molecular flexibility index (Phi) is 3.90. The zero-order valence-electron chi connectivity index (χ0n) is 7.50. The van der Waals surface area contributed by atoms with E-state index in [1.54, 1.807) is 0 Å². The van der Waals surface area contributed by atoms with Crippen LogP contribution in [-0.4, -0.2) is 16.8 Å². The highest BCUT2D eigenvalue weighted by Gasteiger charge is 2.09. The predicted molar refractivity (Wildman–Crippen MR) is 55.5 cm³/mol.